The van der Waals surface area contributed by atoms with E-state index in [0.717, 1.165) is 48.2 Å². The number of halogens is 1. The maximum Gasteiger partial charge on any atom is 0.277 e. The van der Waals surface area contributed by atoms with Gasteiger partial charge in [0.05, 0.1) is 44.0 Å². The van der Waals surface area contributed by atoms with Crippen LogP contribution >= 0.6 is 11.6 Å². The Morgan fingerprint density at radius 3 is 2.52 bits per heavy atom. The van der Waals surface area contributed by atoms with Crippen molar-refractivity contribution in [2.24, 2.45) is 0 Å². The highest BCUT2D eigenvalue weighted by Gasteiger charge is 2.24. The monoisotopic (exact) mass is 388 g/mol. The molecule has 1 fully saturated rings. The molecule has 1 aliphatic rings. The average Bonchev–Trinajstić information content (AvgIpc) is 2.69. The molecule has 0 atom stereocenters. The summed E-state index contributed by atoms with van der Waals surface area (Å²) in [5, 5.41) is 0.786. The number of ether oxygens (including phenoxy) is 1. The number of nitrogens with zero attached hydrogens (tertiary/aromatic N) is 2. The predicted octanol–water partition coefficient (Wildman–Crippen LogP) is 1.71. The third-order valence-corrected chi connectivity index (χ3v) is 5.41. The van der Waals surface area contributed by atoms with E-state index in [1.807, 2.05) is 49.5 Å². The number of rotatable bonds is 6. The largest absolute Gasteiger partial charge is 0.496 e. The lowest BCUT2D eigenvalue weighted by Crippen LogP contribution is -3.15. The number of carbonyl (C=O) groups excluding carboxylic acids is 1. The quantitative estimate of drug-likeness (QED) is 0.818. The van der Waals surface area contributed by atoms with E-state index in [-0.39, 0.29) is 5.91 Å². The maximum absolute atomic E-state index is 12.7. The van der Waals surface area contributed by atoms with Gasteiger partial charge in [0, 0.05) is 19.2 Å². The lowest BCUT2D eigenvalue weighted by atomic mass is 10.2. The van der Waals surface area contributed by atoms with E-state index < -0.39 is 0 Å². The Labute approximate surface area is 166 Å². The minimum Gasteiger partial charge on any atom is -0.496 e. The van der Waals surface area contributed by atoms with Crippen molar-refractivity contribution in [3.8, 4) is 5.75 Å². The van der Waals surface area contributed by atoms with Crippen LogP contribution in [-0.2, 0) is 11.3 Å². The Hall–Kier alpha value is -2.24. The van der Waals surface area contributed by atoms with Crippen molar-refractivity contribution >= 4 is 23.2 Å². The Kier molecular flexibility index (Phi) is 6.58. The van der Waals surface area contributed by atoms with Crippen molar-refractivity contribution in [3.05, 3.63) is 59.1 Å². The third kappa shape index (κ3) is 4.93. The van der Waals surface area contributed by atoms with Crippen molar-refractivity contribution < 1.29 is 14.4 Å². The molecule has 5 nitrogen and oxygen atoms in total. The number of nitrogens with one attached hydrogen (secondary N) is 1. The molecular weight excluding hydrogens is 362 g/mol. The molecule has 0 saturated carbocycles. The fourth-order valence-electron chi connectivity index (χ4n) is 3.47. The van der Waals surface area contributed by atoms with E-state index >= 15 is 0 Å². The van der Waals surface area contributed by atoms with Gasteiger partial charge in [-0.25, -0.2) is 0 Å². The van der Waals surface area contributed by atoms with Gasteiger partial charge in [-0.15, -0.1) is 0 Å². The number of likely N-dealkylation sites (N-methyl/N-ethyl adjacent to an activating group) is 1. The van der Waals surface area contributed by atoms with Crippen LogP contribution in [0.5, 0.6) is 5.75 Å². The first kappa shape index (κ1) is 19.5. The first-order valence-electron chi connectivity index (χ1n) is 9.27. The van der Waals surface area contributed by atoms with E-state index in [1.54, 1.807) is 12.0 Å². The summed E-state index contributed by atoms with van der Waals surface area (Å²) >= 11 is 6.30. The zero-order valence-corrected chi connectivity index (χ0v) is 16.7. The van der Waals surface area contributed by atoms with Crippen LogP contribution in [0.3, 0.4) is 0 Å². The number of piperazine rings is 1. The number of carbonyl (C=O) groups is 1. The van der Waals surface area contributed by atoms with Gasteiger partial charge in [-0.2, -0.15) is 0 Å². The molecule has 3 rings (SSSR count). The smallest absolute Gasteiger partial charge is 0.277 e. The van der Waals surface area contributed by atoms with Crippen molar-refractivity contribution in [1.82, 2.24) is 4.90 Å². The topological polar surface area (TPSA) is 37.2 Å². The maximum atomic E-state index is 12.7. The van der Waals surface area contributed by atoms with Crippen molar-refractivity contribution in [1.29, 1.82) is 0 Å². The normalized spacial score (nSPS) is 14.9. The minimum atomic E-state index is 0.155. The number of hydrogen-bond acceptors (Lipinski definition) is 3. The fraction of sp³-hybridized carbons (Fsp3) is 0.381. The second-order valence-corrected chi connectivity index (χ2v) is 7.33. The summed E-state index contributed by atoms with van der Waals surface area (Å²) in [7, 11) is 3.51. The summed E-state index contributed by atoms with van der Waals surface area (Å²) < 4.78 is 5.38. The second kappa shape index (κ2) is 9.11. The molecule has 0 aromatic heterocycles. The van der Waals surface area contributed by atoms with E-state index in [9.17, 15) is 4.79 Å². The van der Waals surface area contributed by atoms with Crippen LogP contribution in [0, 0.1) is 0 Å². The summed E-state index contributed by atoms with van der Waals surface area (Å²) in [6.07, 6.45) is 0. The van der Waals surface area contributed by atoms with Crippen molar-refractivity contribution in [3.63, 3.8) is 0 Å². The molecule has 27 heavy (non-hydrogen) atoms. The summed E-state index contributed by atoms with van der Waals surface area (Å²) in [5.74, 6) is 0.972. The molecule has 0 bridgehead atoms. The molecule has 1 heterocycles. The van der Waals surface area contributed by atoms with Crippen LogP contribution in [0.15, 0.2) is 48.5 Å². The number of anilines is 1. The van der Waals surface area contributed by atoms with Crippen LogP contribution in [0.2, 0.25) is 5.02 Å². The van der Waals surface area contributed by atoms with Gasteiger partial charge in [-0.05, 0) is 18.2 Å². The molecule has 2 aromatic rings. The molecule has 0 unspecified atom stereocenters. The molecule has 0 spiro atoms. The molecule has 1 aliphatic heterocycles. The second-order valence-electron chi connectivity index (χ2n) is 6.93. The predicted molar refractivity (Wildman–Crippen MR) is 109 cm³/mol. The third-order valence-electron chi connectivity index (χ3n) is 5.09. The number of amides is 1. The number of para-hydroxylation sites is 2. The van der Waals surface area contributed by atoms with Gasteiger partial charge in [0.1, 0.15) is 5.75 Å². The summed E-state index contributed by atoms with van der Waals surface area (Å²) in [6, 6.07) is 15.8. The molecular formula is C21H27ClN3O2+. The number of methoxy groups -OCH3 is 1. The summed E-state index contributed by atoms with van der Waals surface area (Å²) in [6.45, 7) is 4.74. The van der Waals surface area contributed by atoms with Crippen molar-refractivity contribution in [2.75, 3.05) is 51.8 Å². The SMILES string of the molecule is COc1ccccc1CN(C)C(=O)C[NH+]1CCN(c2ccccc2Cl)CC1. The molecule has 6 heteroatoms. The average molecular weight is 389 g/mol. The van der Waals surface area contributed by atoms with Crippen LogP contribution in [0.4, 0.5) is 5.69 Å². The molecule has 0 radical (unpaired) electrons. The van der Waals surface area contributed by atoms with E-state index in [1.165, 1.54) is 4.90 Å². The van der Waals surface area contributed by atoms with E-state index in [0.29, 0.717) is 13.1 Å². The van der Waals surface area contributed by atoms with Crippen LogP contribution in [0.1, 0.15) is 5.56 Å². The van der Waals surface area contributed by atoms with Gasteiger partial charge < -0.3 is 19.4 Å². The number of quaternary nitrogens is 1. The van der Waals surface area contributed by atoms with Crippen LogP contribution < -0.4 is 14.5 Å². The lowest BCUT2D eigenvalue weighted by molar-refractivity contribution is -0.892. The molecule has 144 valence electrons. The van der Waals surface area contributed by atoms with E-state index in [2.05, 4.69) is 11.0 Å². The standard InChI is InChI=1S/C21H26ClN3O2/c1-23(15-17-7-3-6-10-20(17)27-2)21(26)16-24-11-13-25(14-12-24)19-9-5-4-8-18(19)22/h3-10H,11-16H2,1-2H3/p+1. The number of hydrogen-bond donors (Lipinski definition) is 1. The highest BCUT2D eigenvalue weighted by Crippen LogP contribution is 2.24. The molecule has 2 aromatic carbocycles. The molecule has 1 saturated heterocycles. The van der Waals surface area contributed by atoms with Gasteiger partial charge >= 0.3 is 0 Å². The highest BCUT2D eigenvalue weighted by atomic mass is 35.5. The first-order chi connectivity index (χ1) is 13.1. The van der Waals surface area contributed by atoms with Gasteiger partial charge in [0.25, 0.3) is 5.91 Å². The van der Waals surface area contributed by atoms with Gasteiger partial charge in [-0.1, -0.05) is 41.9 Å². The molecule has 0 aliphatic carbocycles. The zero-order valence-electron chi connectivity index (χ0n) is 16.0. The number of benzene rings is 2. The Balaban J connectivity index is 1.51. The van der Waals surface area contributed by atoms with Gasteiger partial charge in [0.2, 0.25) is 0 Å². The van der Waals surface area contributed by atoms with Crippen molar-refractivity contribution in [2.45, 2.75) is 6.54 Å². The Morgan fingerprint density at radius 1 is 1.15 bits per heavy atom. The zero-order chi connectivity index (χ0) is 19.2. The Bertz CT molecular complexity index is 776. The van der Waals surface area contributed by atoms with Gasteiger partial charge in [0.15, 0.2) is 6.54 Å². The van der Waals surface area contributed by atoms with Crippen LogP contribution in [0.25, 0.3) is 0 Å². The van der Waals surface area contributed by atoms with E-state index in [4.69, 9.17) is 16.3 Å². The van der Waals surface area contributed by atoms with Crippen LogP contribution in [-0.4, -0.2) is 57.7 Å². The molecule has 1 amide bonds. The summed E-state index contributed by atoms with van der Waals surface area (Å²) in [5.41, 5.74) is 2.10. The minimum absolute atomic E-state index is 0.155. The Morgan fingerprint density at radius 2 is 1.81 bits per heavy atom. The lowest BCUT2D eigenvalue weighted by Gasteiger charge is -2.34. The molecule has 1 N–H and O–H groups in total. The van der Waals surface area contributed by atoms with Gasteiger partial charge in [-0.3, -0.25) is 4.79 Å². The first-order valence-corrected chi connectivity index (χ1v) is 9.65. The fourth-order valence-corrected chi connectivity index (χ4v) is 3.73. The summed E-state index contributed by atoms with van der Waals surface area (Å²) in [4.78, 5) is 18.0. The highest BCUT2D eigenvalue weighted by molar-refractivity contribution is 6.33.